The number of halogens is 1. The number of carbonyl (C=O) groups is 1. The molecule has 0 aliphatic carbocycles. The Morgan fingerprint density at radius 2 is 1.80 bits per heavy atom. The molecule has 0 spiro atoms. The molecule has 3 rings (SSSR count). The summed E-state index contributed by atoms with van der Waals surface area (Å²) in [5, 5.41) is 7.63. The van der Waals surface area contributed by atoms with Crippen molar-refractivity contribution in [3.63, 3.8) is 0 Å². The molecule has 0 radical (unpaired) electrons. The van der Waals surface area contributed by atoms with Gasteiger partial charge in [0.2, 0.25) is 10.0 Å². The summed E-state index contributed by atoms with van der Waals surface area (Å²) < 4.78 is 36.5. The van der Waals surface area contributed by atoms with E-state index < -0.39 is 26.6 Å². The lowest BCUT2D eigenvalue weighted by Gasteiger charge is -2.34. The lowest BCUT2D eigenvalue weighted by atomic mass is 9.96. The summed E-state index contributed by atoms with van der Waals surface area (Å²) in [6, 6.07) is 10.6. The maximum atomic E-state index is 14.0. The normalized spacial score (nSPS) is 15.4. The number of primary sulfonamides is 1. The predicted molar refractivity (Wildman–Crippen MR) is 116 cm³/mol. The number of sulfonamides is 1. The number of rotatable bonds is 6. The van der Waals surface area contributed by atoms with Crippen LogP contribution in [0.3, 0.4) is 0 Å². The monoisotopic (exact) mass is 434 g/mol. The lowest BCUT2D eigenvalue weighted by molar-refractivity contribution is 0.102. The predicted octanol–water partition coefficient (Wildman–Crippen LogP) is 2.50. The third-order valence-corrected chi connectivity index (χ3v) is 6.17. The quantitative estimate of drug-likeness (QED) is 0.728. The number of nitrogens with zero attached hydrogens (tertiary/aromatic N) is 2. The molecule has 0 saturated carbocycles. The van der Waals surface area contributed by atoms with Gasteiger partial charge in [0, 0.05) is 36.6 Å². The molecule has 2 aromatic rings. The van der Waals surface area contributed by atoms with Gasteiger partial charge in [-0.2, -0.15) is 0 Å². The summed E-state index contributed by atoms with van der Waals surface area (Å²) in [6.07, 6.45) is 2.30. The zero-order valence-electron chi connectivity index (χ0n) is 17.1. The number of amides is 1. The van der Waals surface area contributed by atoms with Crippen molar-refractivity contribution in [3.8, 4) is 0 Å². The van der Waals surface area contributed by atoms with Gasteiger partial charge in [0.15, 0.2) is 0 Å². The van der Waals surface area contributed by atoms with Crippen LogP contribution in [0.15, 0.2) is 47.4 Å². The number of carbonyl (C=O) groups excluding carboxylic acids is 1. The second-order valence-electron chi connectivity index (χ2n) is 7.88. The SMILES string of the molecule is CN(C)CC1CCN(c2ccc(NC(=O)c3ccc(S(N)(=O)=O)c(F)c3)cc2)CC1. The molecule has 0 atom stereocenters. The fraction of sp³-hybridized carbons (Fsp3) is 0.381. The first-order valence-electron chi connectivity index (χ1n) is 9.77. The first-order chi connectivity index (χ1) is 14.1. The van der Waals surface area contributed by atoms with Crippen LogP contribution in [0.5, 0.6) is 0 Å². The highest BCUT2D eigenvalue weighted by atomic mass is 32.2. The van der Waals surface area contributed by atoms with Crippen molar-refractivity contribution in [2.24, 2.45) is 11.1 Å². The van der Waals surface area contributed by atoms with Crippen molar-refractivity contribution in [2.75, 3.05) is 43.9 Å². The zero-order valence-corrected chi connectivity index (χ0v) is 18.0. The summed E-state index contributed by atoms with van der Waals surface area (Å²) in [5.41, 5.74) is 1.67. The molecule has 3 N–H and O–H groups in total. The van der Waals surface area contributed by atoms with Crippen molar-refractivity contribution >= 4 is 27.3 Å². The molecule has 0 unspecified atom stereocenters. The van der Waals surface area contributed by atoms with Crippen LogP contribution in [-0.4, -0.2) is 53.0 Å². The van der Waals surface area contributed by atoms with Crippen molar-refractivity contribution in [3.05, 3.63) is 53.8 Å². The maximum absolute atomic E-state index is 14.0. The van der Waals surface area contributed by atoms with E-state index in [1.807, 2.05) is 12.1 Å². The van der Waals surface area contributed by atoms with Gasteiger partial charge in [0.1, 0.15) is 10.7 Å². The van der Waals surface area contributed by atoms with Gasteiger partial charge in [-0.1, -0.05) is 0 Å². The zero-order chi connectivity index (χ0) is 21.9. The Kier molecular flexibility index (Phi) is 6.74. The van der Waals surface area contributed by atoms with Crippen LogP contribution in [0.2, 0.25) is 0 Å². The Morgan fingerprint density at radius 1 is 1.17 bits per heavy atom. The summed E-state index contributed by atoms with van der Waals surface area (Å²) in [5.74, 6) is -0.874. The van der Waals surface area contributed by atoms with E-state index in [4.69, 9.17) is 5.14 Å². The Morgan fingerprint density at radius 3 is 2.33 bits per heavy atom. The van der Waals surface area contributed by atoms with Gasteiger partial charge >= 0.3 is 0 Å². The summed E-state index contributed by atoms with van der Waals surface area (Å²) in [6.45, 7) is 3.11. The lowest BCUT2D eigenvalue weighted by Crippen LogP contribution is -2.37. The van der Waals surface area contributed by atoms with Crippen LogP contribution in [0.1, 0.15) is 23.2 Å². The van der Waals surface area contributed by atoms with E-state index in [2.05, 4.69) is 29.2 Å². The second kappa shape index (κ2) is 9.11. The minimum atomic E-state index is -4.17. The van der Waals surface area contributed by atoms with Gasteiger partial charge in [-0.15, -0.1) is 0 Å². The van der Waals surface area contributed by atoms with E-state index in [-0.39, 0.29) is 5.56 Å². The van der Waals surface area contributed by atoms with E-state index in [0.29, 0.717) is 5.69 Å². The fourth-order valence-electron chi connectivity index (χ4n) is 3.72. The van der Waals surface area contributed by atoms with Crippen molar-refractivity contribution in [1.29, 1.82) is 0 Å². The molecule has 2 aromatic carbocycles. The molecule has 1 fully saturated rings. The molecule has 7 nitrogen and oxygen atoms in total. The Bertz CT molecular complexity index is 1000. The van der Waals surface area contributed by atoms with Gasteiger partial charge in [-0.3, -0.25) is 4.79 Å². The largest absolute Gasteiger partial charge is 0.372 e. The standard InChI is InChI=1S/C21H27FN4O3S/c1-25(2)14-15-9-11-26(12-10-15)18-6-4-17(5-7-18)24-21(27)16-3-8-20(19(22)13-16)30(23,28)29/h3-8,13,15H,9-12,14H2,1-2H3,(H,24,27)(H2,23,28,29). The minimum Gasteiger partial charge on any atom is -0.372 e. The van der Waals surface area contributed by atoms with E-state index >= 15 is 0 Å². The molecule has 0 aromatic heterocycles. The van der Waals surface area contributed by atoms with E-state index in [1.54, 1.807) is 12.1 Å². The molecule has 1 saturated heterocycles. The Labute approximate surface area is 176 Å². The van der Waals surface area contributed by atoms with Crippen molar-refractivity contribution < 1.29 is 17.6 Å². The Balaban J connectivity index is 1.61. The van der Waals surface area contributed by atoms with Crippen molar-refractivity contribution in [2.45, 2.75) is 17.7 Å². The number of piperidine rings is 1. The molecule has 0 bridgehead atoms. The Hall–Kier alpha value is -2.49. The molecule has 1 amide bonds. The van der Waals surface area contributed by atoms with Gasteiger partial charge in [0.05, 0.1) is 0 Å². The highest BCUT2D eigenvalue weighted by molar-refractivity contribution is 7.89. The molecular weight excluding hydrogens is 407 g/mol. The highest BCUT2D eigenvalue weighted by Gasteiger charge is 2.20. The van der Waals surface area contributed by atoms with Gasteiger partial charge < -0.3 is 15.1 Å². The number of nitrogens with one attached hydrogen (secondary N) is 1. The van der Waals surface area contributed by atoms with Crippen LogP contribution in [0.4, 0.5) is 15.8 Å². The van der Waals surface area contributed by atoms with E-state index in [1.165, 1.54) is 6.07 Å². The molecule has 1 aliphatic rings. The summed E-state index contributed by atoms with van der Waals surface area (Å²) >= 11 is 0. The van der Waals surface area contributed by atoms with Crippen LogP contribution in [-0.2, 0) is 10.0 Å². The summed E-state index contributed by atoms with van der Waals surface area (Å²) in [7, 11) is 0.0252. The molecule has 162 valence electrons. The van der Waals surface area contributed by atoms with E-state index in [9.17, 15) is 17.6 Å². The number of hydrogen-bond donors (Lipinski definition) is 2. The molecule has 1 aliphatic heterocycles. The molecule has 30 heavy (non-hydrogen) atoms. The third-order valence-electron chi connectivity index (χ3n) is 5.23. The smallest absolute Gasteiger partial charge is 0.255 e. The second-order valence-corrected chi connectivity index (χ2v) is 9.41. The van der Waals surface area contributed by atoms with Crippen LogP contribution in [0.25, 0.3) is 0 Å². The maximum Gasteiger partial charge on any atom is 0.255 e. The van der Waals surface area contributed by atoms with Gasteiger partial charge in [-0.05, 0) is 75.3 Å². The van der Waals surface area contributed by atoms with Crippen molar-refractivity contribution in [1.82, 2.24) is 4.90 Å². The first-order valence-corrected chi connectivity index (χ1v) is 11.3. The van der Waals surface area contributed by atoms with Crippen LogP contribution in [0, 0.1) is 11.7 Å². The third kappa shape index (κ3) is 5.56. The average molecular weight is 435 g/mol. The topological polar surface area (TPSA) is 95.7 Å². The number of hydrogen-bond acceptors (Lipinski definition) is 5. The minimum absolute atomic E-state index is 0.00643. The van der Waals surface area contributed by atoms with E-state index in [0.717, 1.165) is 56.2 Å². The van der Waals surface area contributed by atoms with Gasteiger partial charge in [0.25, 0.3) is 5.91 Å². The number of nitrogens with two attached hydrogens (primary N) is 1. The molecular formula is C21H27FN4O3S. The van der Waals surface area contributed by atoms with Crippen LogP contribution < -0.4 is 15.4 Å². The first kappa shape index (κ1) is 22.2. The van der Waals surface area contributed by atoms with Crippen LogP contribution >= 0.6 is 0 Å². The fourth-order valence-corrected chi connectivity index (χ4v) is 4.31. The number of benzene rings is 2. The highest BCUT2D eigenvalue weighted by Crippen LogP contribution is 2.25. The summed E-state index contributed by atoms with van der Waals surface area (Å²) in [4.78, 5) is 16.3. The molecule has 9 heteroatoms. The number of anilines is 2. The average Bonchev–Trinajstić information content (AvgIpc) is 2.67. The molecule has 1 heterocycles. The van der Waals surface area contributed by atoms with Gasteiger partial charge in [-0.25, -0.2) is 17.9 Å².